The number of hydrogen-bond acceptors (Lipinski definition) is 8. The molecule has 0 radical (unpaired) electrons. The number of amides is 1. The number of nitrogens with zero attached hydrogens (tertiary/aromatic N) is 5. The topological polar surface area (TPSA) is 106 Å². The van der Waals surface area contributed by atoms with E-state index in [9.17, 15) is 4.79 Å². The second-order valence-corrected chi connectivity index (χ2v) is 10.9. The summed E-state index contributed by atoms with van der Waals surface area (Å²) in [5.74, 6) is 1.04. The molecule has 206 valence electrons. The minimum atomic E-state index is -0.373. The molecule has 2 aromatic heterocycles. The standard InChI is InChI=1S/C29H36N6O4/c1-5-23(36)35-13-10-19(11-14-35)25-27-28(32-29(31-25)37-16-20-7-6-12-34(20)4)39-26(18(3)38-27)24-17(2)8-9-22-21(24)15-30-33-22/h5,8-9,15,18-20,26H,1,6-7,10-14,16H2,2-4H3,(H,30,33)/t18-,20+,26?/m1/s1. The van der Waals surface area contributed by atoms with Crippen LogP contribution in [0.25, 0.3) is 10.9 Å². The summed E-state index contributed by atoms with van der Waals surface area (Å²) in [6.07, 6.45) is 6.35. The quantitative estimate of drug-likeness (QED) is 0.476. The fraction of sp³-hybridized carbons (Fsp3) is 0.517. The summed E-state index contributed by atoms with van der Waals surface area (Å²) in [4.78, 5) is 25.9. The van der Waals surface area contributed by atoms with Crippen molar-refractivity contribution in [1.82, 2.24) is 30.0 Å². The van der Waals surface area contributed by atoms with Crippen LogP contribution in [-0.4, -0.2) is 81.3 Å². The Kier molecular flexibility index (Phi) is 6.88. The molecule has 5 heterocycles. The second-order valence-electron chi connectivity index (χ2n) is 10.9. The third-order valence-corrected chi connectivity index (χ3v) is 8.42. The van der Waals surface area contributed by atoms with Crippen molar-refractivity contribution in [3.63, 3.8) is 0 Å². The van der Waals surface area contributed by atoms with Crippen LogP contribution in [-0.2, 0) is 4.79 Å². The van der Waals surface area contributed by atoms with E-state index in [1.807, 2.05) is 24.1 Å². The van der Waals surface area contributed by atoms with E-state index in [1.165, 1.54) is 6.08 Å². The lowest BCUT2D eigenvalue weighted by Gasteiger charge is -2.36. The first kappa shape index (κ1) is 25.6. The number of carbonyl (C=O) groups excluding carboxylic acids is 1. The summed E-state index contributed by atoms with van der Waals surface area (Å²) in [5.41, 5.74) is 3.88. The van der Waals surface area contributed by atoms with Gasteiger partial charge in [0.1, 0.15) is 12.7 Å². The molecule has 1 aromatic carbocycles. The summed E-state index contributed by atoms with van der Waals surface area (Å²) >= 11 is 0. The van der Waals surface area contributed by atoms with Gasteiger partial charge >= 0.3 is 6.01 Å². The maximum absolute atomic E-state index is 12.2. The smallest absolute Gasteiger partial charge is 0.320 e. The molecule has 3 aliphatic heterocycles. The number of piperidine rings is 1. The molecule has 1 amide bonds. The number of likely N-dealkylation sites (tertiary alicyclic amines) is 2. The van der Waals surface area contributed by atoms with Gasteiger partial charge in [0.25, 0.3) is 5.88 Å². The number of carbonyl (C=O) groups is 1. The van der Waals surface area contributed by atoms with Crippen molar-refractivity contribution in [3.8, 4) is 17.6 Å². The number of fused-ring (bicyclic) bond motifs is 2. The van der Waals surface area contributed by atoms with E-state index in [0.29, 0.717) is 43.4 Å². The zero-order valence-electron chi connectivity index (χ0n) is 22.9. The highest BCUT2D eigenvalue weighted by molar-refractivity contribution is 5.87. The number of nitrogens with one attached hydrogen (secondary N) is 1. The predicted octanol–water partition coefficient (Wildman–Crippen LogP) is 3.93. The summed E-state index contributed by atoms with van der Waals surface area (Å²) in [6.45, 7) is 10.6. The molecule has 1 N–H and O–H groups in total. The van der Waals surface area contributed by atoms with Gasteiger partial charge in [-0.25, -0.2) is 0 Å². The second kappa shape index (κ2) is 10.5. The third kappa shape index (κ3) is 4.82. The molecule has 0 bridgehead atoms. The number of rotatable bonds is 6. The van der Waals surface area contributed by atoms with Crippen LogP contribution in [0.5, 0.6) is 17.6 Å². The molecule has 0 aliphatic carbocycles. The van der Waals surface area contributed by atoms with Crippen molar-refractivity contribution in [2.75, 3.05) is 33.3 Å². The van der Waals surface area contributed by atoms with Crippen molar-refractivity contribution < 1.29 is 19.0 Å². The van der Waals surface area contributed by atoms with Crippen molar-refractivity contribution in [3.05, 3.63) is 47.8 Å². The minimum absolute atomic E-state index is 0.0392. The van der Waals surface area contributed by atoms with E-state index in [2.05, 4.69) is 41.7 Å². The molecule has 0 spiro atoms. The SMILES string of the molecule is C=CC(=O)N1CCC(c2nc(OC[C@@H]3CCCN3C)nc3c2O[C@H](C)C(c2c(C)ccc4[nH]ncc24)O3)CC1. The Labute approximate surface area is 228 Å². The lowest BCUT2D eigenvalue weighted by atomic mass is 9.92. The van der Waals surface area contributed by atoms with Crippen molar-refractivity contribution >= 4 is 16.8 Å². The normalized spacial score (nSPS) is 23.8. The van der Waals surface area contributed by atoms with E-state index >= 15 is 0 Å². The van der Waals surface area contributed by atoms with Gasteiger partial charge in [0, 0.05) is 36.0 Å². The fourth-order valence-electron chi connectivity index (χ4n) is 6.10. The van der Waals surface area contributed by atoms with Gasteiger partial charge < -0.3 is 24.0 Å². The first-order valence-corrected chi connectivity index (χ1v) is 13.8. The van der Waals surface area contributed by atoms with Crippen LogP contribution in [0.4, 0.5) is 0 Å². The first-order chi connectivity index (χ1) is 18.9. The zero-order chi connectivity index (χ0) is 27.1. The number of aromatic amines is 1. The Morgan fingerprint density at radius 2 is 2.03 bits per heavy atom. The lowest BCUT2D eigenvalue weighted by molar-refractivity contribution is -0.127. The molecule has 39 heavy (non-hydrogen) atoms. The first-order valence-electron chi connectivity index (χ1n) is 13.8. The summed E-state index contributed by atoms with van der Waals surface area (Å²) in [5, 5.41) is 8.31. The average Bonchev–Trinajstić information content (AvgIpc) is 3.59. The van der Waals surface area contributed by atoms with E-state index in [0.717, 1.165) is 60.0 Å². The largest absolute Gasteiger partial charge is 0.479 e. The molecule has 3 atom stereocenters. The molecule has 1 unspecified atom stereocenters. The highest BCUT2D eigenvalue weighted by Crippen LogP contribution is 2.46. The molecule has 10 heteroatoms. The van der Waals surface area contributed by atoms with Gasteiger partial charge in [-0.1, -0.05) is 12.6 Å². The summed E-state index contributed by atoms with van der Waals surface area (Å²) < 4.78 is 19.4. The van der Waals surface area contributed by atoms with Crippen LogP contribution < -0.4 is 14.2 Å². The van der Waals surface area contributed by atoms with Crippen LogP contribution in [0.15, 0.2) is 31.0 Å². The van der Waals surface area contributed by atoms with Crippen LogP contribution in [0.1, 0.15) is 61.4 Å². The molecular weight excluding hydrogens is 496 g/mol. The molecule has 3 aromatic rings. The number of hydrogen-bond donors (Lipinski definition) is 1. The zero-order valence-corrected chi connectivity index (χ0v) is 22.9. The third-order valence-electron chi connectivity index (χ3n) is 8.42. The summed E-state index contributed by atoms with van der Waals surface area (Å²) in [7, 11) is 2.13. The predicted molar refractivity (Wildman–Crippen MR) is 146 cm³/mol. The number of H-pyrrole nitrogens is 1. The van der Waals surface area contributed by atoms with Crippen LogP contribution in [0, 0.1) is 6.92 Å². The molecule has 10 nitrogen and oxygen atoms in total. The van der Waals surface area contributed by atoms with Crippen molar-refractivity contribution in [2.45, 2.75) is 63.7 Å². The number of ether oxygens (including phenoxy) is 3. The van der Waals surface area contributed by atoms with E-state index in [-0.39, 0.29) is 24.0 Å². The molecular formula is C29H36N6O4. The van der Waals surface area contributed by atoms with Crippen LogP contribution in [0.3, 0.4) is 0 Å². The Balaban J connectivity index is 1.34. The number of likely N-dealkylation sites (N-methyl/N-ethyl adjacent to an activating group) is 1. The van der Waals surface area contributed by atoms with Crippen LogP contribution >= 0.6 is 0 Å². The molecule has 0 saturated carbocycles. The van der Waals surface area contributed by atoms with E-state index in [4.69, 9.17) is 24.2 Å². The number of aryl methyl sites for hydroxylation is 1. The summed E-state index contributed by atoms with van der Waals surface area (Å²) in [6, 6.07) is 4.74. The van der Waals surface area contributed by atoms with Gasteiger partial charge in [0.15, 0.2) is 6.10 Å². The Bertz CT molecular complexity index is 1380. The maximum atomic E-state index is 12.2. The highest BCUT2D eigenvalue weighted by atomic mass is 16.6. The van der Waals surface area contributed by atoms with E-state index < -0.39 is 0 Å². The van der Waals surface area contributed by atoms with Gasteiger partial charge in [0.2, 0.25) is 11.7 Å². The van der Waals surface area contributed by atoms with Gasteiger partial charge in [-0.05, 0) is 70.8 Å². The molecule has 2 fully saturated rings. The lowest BCUT2D eigenvalue weighted by Crippen LogP contribution is -2.38. The number of benzene rings is 1. The molecule has 2 saturated heterocycles. The monoisotopic (exact) mass is 532 g/mol. The van der Waals surface area contributed by atoms with Gasteiger partial charge in [-0.2, -0.15) is 15.1 Å². The van der Waals surface area contributed by atoms with Crippen LogP contribution in [0.2, 0.25) is 0 Å². The van der Waals surface area contributed by atoms with Gasteiger partial charge in [-0.15, -0.1) is 0 Å². The van der Waals surface area contributed by atoms with Crippen molar-refractivity contribution in [1.29, 1.82) is 0 Å². The van der Waals surface area contributed by atoms with E-state index in [1.54, 1.807) is 0 Å². The average molecular weight is 533 g/mol. The Morgan fingerprint density at radius 3 is 2.77 bits per heavy atom. The Morgan fingerprint density at radius 1 is 1.21 bits per heavy atom. The number of aromatic nitrogens is 4. The fourth-order valence-corrected chi connectivity index (χ4v) is 6.10. The Hall–Kier alpha value is -3.66. The molecule has 6 rings (SSSR count). The maximum Gasteiger partial charge on any atom is 0.320 e. The van der Waals surface area contributed by atoms with Gasteiger partial charge in [0.05, 0.1) is 17.4 Å². The minimum Gasteiger partial charge on any atom is -0.479 e. The highest BCUT2D eigenvalue weighted by Gasteiger charge is 2.38. The van der Waals surface area contributed by atoms with Gasteiger partial charge in [-0.3, -0.25) is 9.89 Å². The van der Waals surface area contributed by atoms with Crippen molar-refractivity contribution in [2.24, 2.45) is 0 Å². The molecule has 3 aliphatic rings.